The van der Waals surface area contributed by atoms with Gasteiger partial charge in [-0.3, -0.25) is 9.59 Å². The van der Waals surface area contributed by atoms with E-state index in [0.717, 1.165) is 11.1 Å². The summed E-state index contributed by atoms with van der Waals surface area (Å²) in [6.45, 7) is 2.01. The summed E-state index contributed by atoms with van der Waals surface area (Å²) in [5.74, 6) is 0.551. The second kappa shape index (κ2) is 8.42. The van der Waals surface area contributed by atoms with Crippen LogP contribution in [0.5, 0.6) is 5.75 Å². The lowest BCUT2D eigenvalue weighted by Crippen LogP contribution is -2.17. The fraction of sp³-hybridized carbons (Fsp3) is 0.143. The number of amides is 1. The summed E-state index contributed by atoms with van der Waals surface area (Å²) in [4.78, 5) is 24.5. The van der Waals surface area contributed by atoms with Crippen molar-refractivity contribution in [3.63, 3.8) is 0 Å². The van der Waals surface area contributed by atoms with Gasteiger partial charge in [0.15, 0.2) is 0 Å². The van der Waals surface area contributed by atoms with Gasteiger partial charge in [-0.1, -0.05) is 47.7 Å². The molecule has 2 aromatic heterocycles. The van der Waals surface area contributed by atoms with Gasteiger partial charge in [0.25, 0.3) is 5.56 Å². The van der Waals surface area contributed by atoms with Crippen molar-refractivity contribution < 1.29 is 9.53 Å². The minimum atomic E-state index is -0.342. The second-order valence-corrected chi connectivity index (χ2v) is 7.54. The summed E-state index contributed by atoms with van der Waals surface area (Å²) in [6.07, 6.45) is 0. The lowest BCUT2D eigenvalue weighted by Gasteiger charge is -2.07. The average molecular weight is 421 g/mol. The number of aromatic amines is 1. The van der Waals surface area contributed by atoms with Crippen molar-refractivity contribution in [2.24, 2.45) is 0 Å². The van der Waals surface area contributed by atoms with E-state index in [0.29, 0.717) is 27.8 Å². The summed E-state index contributed by atoms with van der Waals surface area (Å²) >= 11 is 1.18. The minimum absolute atomic E-state index is 0.102. The highest BCUT2D eigenvalue weighted by Crippen LogP contribution is 2.22. The van der Waals surface area contributed by atoms with E-state index in [1.165, 1.54) is 16.3 Å². The van der Waals surface area contributed by atoms with Gasteiger partial charge in [-0.25, -0.2) is 9.61 Å². The molecule has 0 bridgehead atoms. The maximum atomic E-state index is 12.3. The molecule has 0 atom stereocenters. The fourth-order valence-electron chi connectivity index (χ4n) is 2.88. The molecule has 0 aliphatic heterocycles. The smallest absolute Gasteiger partial charge is 0.290 e. The molecular weight excluding hydrogens is 402 g/mol. The summed E-state index contributed by atoms with van der Waals surface area (Å²) in [6, 6.07) is 16.7. The number of nitrogens with one attached hydrogen (secondary N) is 2. The Bertz CT molecular complexity index is 1260. The van der Waals surface area contributed by atoms with E-state index in [2.05, 4.69) is 20.6 Å². The molecule has 2 N–H and O–H groups in total. The van der Waals surface area contributed by atoms with Crippen molar-refractivity contribution in [3.05, 3.63) is 70.5 Å². The number of carbonyl (C=O) groups is 1. The highest BCUT2D eigenvalue weighted by atomic mass is 32.2. The van der Waals surface area contributed by atoms with E-state index in [4.69, 9.17) is 4.74 Å². The minimum Gasteiger partial charge on any atom is -0.497 e. The third-order valence-corrected chi connectivity index (χ3v) is 5.34. The molecule has 2 heterocycles. The molecule has 0 aliphatic rings. The number of ether oxygens (including phenoxy) is 1. The molecule has 1 amide bonds. The number of fused-ring (bicyclic) bond motifs is 1. The van der Waals surface area contributed by atoms with Crippen LogP contribution in [0.1, 0.15) is 5.56 Å². The predicted molar refractivity (Wildman–Crippen MR) is 116 cm³/mol. The van der Waals surface area contributed by atoms with Gasteiger partial charge in [0.2, 0.25) is 11.1 Å². The third kappa shape index (κ3) is 4.20. The van der Waals surface area contributed by atoms with Crippen LogP contribution < -0.4 is 15.6 Å². The van der Waals surface area contributed by atoms with Gasteiger partial charge in [-0.15, -0.1) is 5.10 Å². The van der Waals surface area contributed by atoms with Crippen LogP contribution in [0.2, 0.25) is 0 Å². The van der Waals surface area contributed by atoms with Crippen LogP contribution in [0.15, 0.2) is 64.5 Å². The van der Waals surface area contributed by atoms with E-state index in [1.54, 1.807) is 37.4 Å². The van der Waals surface area contributed by atoms with E-state index in [9.17, 15) is 9.59 Å². The molecule has 0 spiro atoms. The van der Waals surface area contributed by atoms with Crippen LogP contribution in [0.4, 0.5) is 5.69 Å². The lowest BCUT2D eigenvalue weighted by atomic mass is 10.1. The second-order valence-electron chi connectivity index (χ2n) is 6.60. The van der Waals surface area contributed by atoms with Crippen LogP contribution in [-0.4, -0.2) is 38.6 Å². The van der Waals surface area contributed by atoms with Gasteiger partial charge in [0.1, 0.15) is 11.3 Å². The first kappa shape index (κ1) is 19.7. The number of anilines is 1. The number of thioether (sulfide) groups is 1. The molecular formula is C21H19N5O3S. The van der Waals surface area contributed by atoms with Crippen molar-refractivity contribution in [1.29, 1.82) is 0 Å². The molecule has 0 saturated heterocycles. The first-order valence-corrected chi connectivity index (χ1v) is 10.1. The number of carbonyl (C=O) groups excluding carboxylic acids is 1. The Morgan fingerprint density at radius 2 is 2.00 bits per heavy atom. The van der Waals surface area contributed by atoms with Gasteiger partial charge in [0, 0.05) is 17.3 Å². The zero-order valence-corrected chi connectivity index (χ0v) is 17.2. The Labute approximate surface area is 176 Å². The maximum Gasteiger partial charge on any atom is 0.290 e. The Morgan fingerprint density at radius 1 is 1.20 bits per heavy atom. The van der Waals surface area contributed by atoms with Gasteiger partial charge in [-0.2, -0.15) is 5.10 Å². The van der Waals surface area contributed by atoms with Crippen LogP contribution in [0.25, 0.3) is 16.8 Å². The van der Waals surface area contributed by atoms with Crippen LogP contribution in [0.3, 0.4) is 0 Å². The molecule has 0 radical (unpaired) electrons. The number of hydrogen-bond donors (Lipinski definition) is 2. The monoisotopic (exact) mass is 421 g/mol. The van der Waals surface area contributed by atoms with Crippen LogP contribution in [-0.2, 0) is 4.79 Å². The van der Waals surface area contributed by atoms with Crippen molar-refractivity contribution in [1.82, 2.24) is 19.8 Å². The van der Waals surface area contributed by atoms with Gasteiger partial charge in [0.05, 0.1) is 18.6 Å². The van der Waals surface area contributed by atoms with Crippen LogP contribution in [0, 0.1) is 6.92 Å². The normalized spacial score (nSPS) is 10.9. The average Bonchev–Trinajstić information content (AvgIpc) is 3.20. The molecule has 4 aromatic rings. The summed E-state index contributed by atoms with van der Waals surface area (Å²) in [7, 11) is 1.57. The topological polar surface area (TPSA) is 101 Å². The quantitative estimate of drug-likeness (QED) is 0.464. The molecule has 0 saturated carbocycles. The zero-order chi connectivity index (χ0) is 21.1. The Morgan fingerprint density at radius 3 is 2.77 bits per heavy atom. The molecule has 0 unspecified atom stereocenters. The number of aryl methyl sites for hydroxylation is 1. The fourth-order valence-corrected chi connectivity index (χ4v) is 3.58. The largest absolute Gasteiger partial charge is 0.497 e. The van der Waals surface area contributed by atoms with E-state index >= 15 is 0 Å². The first-order valence-electron chi connectivity index (χ1n) is 9.16. The maximum absolute atomic E-state index is 12.3. The number of benzene rings is 2. The van der Waals surface area contributed by atoms with Gasteiger partial charge in [-0.05, 0) is 25.1 Å². The molecule has 30 heavy (non-hydrogen) atoms. The Kier molecular flexibility index (Phi) is 5.53. The molecule has 8 nitrogen and oxygen atoms in total. The SMILES string of the molecule is COc1cccc(NC(=O)CSc2n[nH]c(=O)c3cc(-c4ccc(C)cc4)nn23)c1. The predicted octanol–water partition coefficient (Wildman–Crippen LogP) is 3.13. The molecule has 0 fully saturated rings. The number of methoxy groups -OCH3 is 1. The number of nitrogens with zero attached hydrogens (tertiary/aromatic N) is 3. The Hall–Kier alpha value is -3.59. The molecule has 0 aliphatic carbocycles. The van der Waals surface area contributed by atoms with Crippen LogP contribution >= 0.6 is 11.8 Å². The number of hydrogen-bond acceptors (Lipinski definition) is 6. The number of rotatable bonds is 6. The third-order valence-electron chi connectivity index (χ3n) is 4.41. The standard InChI is InChI=1S/C21H19N5O3S/c1-13-6-8-14(9-7-13)17-11-18-20(28)23-24-21(26(18)25-17)30-12-19(27)22-15-4-3-5-16(10-15)29-2/h3-11H,12H2,1-2H3,(H,22,27)(H,23,28). The summed E-state index contributed by atoms with van der Waals surface area (Å²) in [5, 5.41) is 14.3. The zero-order valence-electron chi connectivity index (χ0n) is 16.4. The molecule has 152 valence electrons. The van der Waals surface area contributed by atoms with Crippen molar-refractivity contribution in [2.45, 2.75) is 12.1 Å². The number of aromatic nitrogens is 4. The summed E-state index contributed by atoms with van der Waals surface area (Å²) in [5.41, 5.74) is 3.37. The molecule has 2 aromatic carbocycles. The molecule has 9 heteroatoms. The van der Waals surface area contributed by atoms with Crippen molar-refractivity contribution in [3.8, 4) is 17.0 Å². The highest BCUT2D eigenvalue weighted by Gasteiger charge is 2.14. The van der Waals surface area contributed by atoms with Gasteiger partial charge >= 0.3 is 0 Å². The highest BCUT2D eigenvalue weighted by molar-refractivity contribution is 7.99. The number of H-pyrrole nitrogens is 1. The van der Waals surface area contributed by atoms with Crippen molar-refractivity contribution >= 4 is 28.9 Å². The summed E-state index contributed by atoms with van der Waals surface area (Å²) < 4.78 is 6.63. The Balaban J connectivity index is 1.53. The van der Waals surface area contributed by atoms with E-state index in [1.807, 2.05) is 31.2 Å². The molecule has 4 rings (SSSR count). The van der Waals surface area contributed by atoms with E-state index < -0.39 is 0 Å². The van der Waals surface area contributed by atoms with Crippen molar-refractivity contribution in [2.75, 3.05) is 18.2 Å². The lowest BCUT2D eigenvalue weighted by molar-refractivity contribution is -0.113. The first-order chi connectivity index (χ1) is 14.5. The van der Waals surface area contributed by atoms with Gasteiger partial charge < -0.3 is 10.1 Å². The van der Waals surface area contributed by atoms with E-state index in [-0.39, 0.29) is 17.2 Å².